The number of nitrogens with one attached hydrogen (secondary N) is 1. The van der Waals surface area contributed by atoms with E-state index in [0.717, 1.165) is 16.6 Å². The van der Waals surface area contributed by atoms with Gasteiger partial charge in [0.25, 0.3) is 5.89 Å². The molecule has 1 N–H and O–H groups in total. The minimum absolute atomic E-state index is 0.412. The van der Waals surface area contributed by atoms with Crippen molar-refractivity contribution in [3.63, 3.8) is 0 Å². The Morgan fingerprint density at radius 2 is 1.74 bits per heavy atom. The van der Waals surface area contributed by atoms with Crippen molar-refractivity contribution in [3.05, 3.63) is 30.2 Å². The Balaban J connectivity index is 1.75. The molecule has 1 aromatic carbocycles. The van der Waals surface area contributed by atoms with E-state index in [1.54, 1.807) is 6.92 Å². The van der Waals surface area contributed by atoms with Crippen molar-refractivity contribution >= 4 is 16.6 Å². The average Bonchev–Trinajstić information content (AvgIpc) is 3.02. The number of benzene rings is 1. The van der Waals surface area contributed by atoms with E-state index in [1.807, 2.05) is 18.2 Å². The molecule has 0 unspecified atom stereocenters. The summed E-state index contributed by atoms with van der Waals surface area (Å²) in [6.45, 7) is 1.77. The minimum Gasteiger partial charge on any atom is -0.420 e. The molecule has 2 heterocycles. The van der Waals surface area contributed by atoms with Crippen LogP contribution in [0.3, 0.4) is 0 Å². The van der Waals surface area contributed by atoms with Crippen molar-refractivity contribution in [2.45, 2.75) is 45.1 Å². The predicted molar refractivity (Wildman–Crippen MR) is 88.1 cm³/mol. The van der Waals surface area contributed by atoms with Crippen LogP contribution in [0.15, 0.2) is 28.7 Å². The molecule has 6 nitrogen and oxygen atoms in total. The third-order valence-electron chi connectivity index (χ3n) is 4.36. The Morgan fingerprint density at radius 1 is 0.957 bits per heavy atom. The maximum atomic E-state index is 5.52. The van der Waals surface area contributed by atoms with Crippen LogP contribution in [0.2, 0.25) is 0 Å². The molecule has 6 heteroatoms. The van der Waals surface area contributed by atoms with Gasteiger partial charge in [-0.25, -0.2) is 0 Å². The van der Waals surface area contributed by atoms with Crippen LogP contribution in [0.5, 0.6) is 0 Å². The van der Waals surface area contributed by atoms with E-state index >= 15 is 0 Å². The lowest BCUT2D eigenvalue weighted by atomic mass is 9.95. The van der Waals surface area contributed by atoms with Crippen LogP contribution < -0.4 is 5.32 Å². The summed E-state index contributed by atoms with van der Waals surface area (Å²) in [6.07, 6.45) is 6.28. The molecule has 0 aliphatic heterocycles. The first-order valence-electron chi connectivity index (χ1n) is 8.14. The summed E-state index contributed by atoms with van der Waals surface area (Å²) in [4.78, 5) is 0. The SMILES string of the molecule is Cc1nnc(-c2nnc(NC3CCCCC3)c3ccccc23)o1. The van der Waals surface area contributed by atoms with Gasteiger partial charge in [0.2, 0.25) is 5.89 Å². The number of hydrogen-bond donors (Lipinski definition) is 1. The topological polar surface area (TPSA) is 76.7 Å². The number of aromatic nitrogens is 4. The third kappa shape index (κ3) is 2.76. The highest BCUT2D eigenvalue weighted by Crippen LogP contribution is 2.30. The van der Waals surface area contributed by atoms with Crippen molar-refractivity contribution in [2.24, 2.45) is 0 Å². The second-order valence-corrected chi connectivity index (χ2v) is 6.05. The minimum atomic E-state index is 0.412. The zero-order valence-electron chi connectivity index (χ0n) is 13.1. The van der Waals surface area contributed by atoms with Crippen molar-refractivity contribution in [1.82, 2.24) is 20.4 Å². The van der Waals surface area contributed by atoms with Gasteiger partial charge in [0.1, 0.15) is 0 Å². The Labute approximate surface area is 134 Å². The molecule has 1 aliphatic rings. The lowest BCUT2D eigenvalue weighted by molar-refractivity contribution is 0.462. The van der Waals surface area contributed by atoms with E-state index in [2.05, 4.69) is 31.8 Å². The predicted octanol–water partition coefficient (Wildman–Crippen LogP) is 3.73. The molecule has 0 atom stereocenters. The first kappa shape index (κ1) is 14.1. The quantitative estimate of drug-likeness (QED) is 0.794. The van der Waals surface area contributed by atoms with Gasteiger partial charge in [-0.2, -0.15) is 0 Å². The maximum absolute atomic E-state index is 5.52. The van der Waals surface area contributed by atoms with Crippen LogP contribution in [0.4, 0.5) is 5.82 Å². The number of hydrogen-bond acceptors (Lipinski definition) is 6. The van der Waals surface area contributed by atoms with E-state index < -0.39 is 0 Å². The van der Waals surface area contributed by atoms with Crippen LogP contribution >= 0.6 is 0 Å². The van der Waals surface area contributed by atoms with Crippen LogP contribution in [0.25, 0.3) is 22.4 Å². The fraction of sp³-hybridized carbons (Fsp3) is 0.412. The maximum Gasteiger partial charge on any atom is 0.268 e. The summed E-state index contributed by atoms with van der Waals surface area (Å²) in [5, 5.41) is 22.3. The first-order chi connectivity index (χ1) is 11.3. The van der Waals surface area contributed by atoms with Gasteiger partial charge >= 0.3 is 0 Å². The van der Waals surface area contributed by atoms with Gasteiger partial charge in [0, 0.05) is 23.7 Å². The molecule has 3 aromatic rings. The van der Waals surface area contributed by atoms with Gasteiger partial charge in [-0.05, 0) is 12.8 Å². The van der Waals surface area contributed by atoms with Crippen LogP contribution in [0, 0.1) is 6.92 Å². The molecule has 1 aliphatic carbocycles. The Hall–Kier alpha value is -2.50. The van der Waals surface area contributed by atoms with Crippen molar-refractivity contribution in [1.29, 1.82) is 0 Å². The zero-order chi connectivity index (χ0) is 15.6. The molecule has 0 radical (unpaired) electrons. The molecule has 2 aromatic heterocycles. The van der Waals surface area contributed by atoms with Crippen molar-refractivity contribution in [3.8, 4) is 11.6 Å². The molecule has 23 heavy (non-hydrogen) atoms. The summed E-state index contributed by atoms with van der Waals surface area (Å²) in [6, 6.07) is 8.56. The van der Waals surface area contributed by atoms with Gasteiger partial charge in [0.15, 0.2) is 11.5 Å². The third-order valence-corrected chi connectivity index (χ3v) is 4.36. The largest absolute Gasteiger partial charge is 0.420 e. The number of nitrogens with zero attached hydrogens (tertiary/aromatic N) is 4. The van der Waals surface area contributed by atoms with Crippen molar-refractivity contribution < 1.29 is 4.42 Å². The summed E-state index contributed by atoms with van der Waals surface area (Å²) in [5.74, 6) is 1.78. The second-order valence-electron chi connectivity index (χ2n) is 6.05. The Bertz CT molecular complexity index is 823. The van der Waals surface area contributed by atoms with Gasteiger partial charge in [-0.1, -0.05) is 43.5 Å². The molecule has 0 saturated heterocycles. The number of rotatable bonds is 3. The zero-order valence-corrected chi connectivity index (χ0v) is 13.1. The lowest BCUT2D eigenvalue weighted by Gasteiger charge is -2.23. The van der Waals surface area contributed by atoms with E-state index in [0.29, 0.717) is 23.5 Å². The van der Waals surface area contributed by atoms with Gasteiger partial charge < -0.3 is 9.73 Å². The molecular weight excluding hydrogens is 290 g/mol. The fourth-order valence-corrected chi connectivity index (χ4v) is 3.20. The molecule has 0 bridgehead atoms. The van der Waals surface area contributed by atoms with Gasteiger partial charge in [0.05, 0.1) is 0 Å². The summed E-state index contributed by atoms with van der Waals surface area (Å²) in [5.41, 5.74) is 0.635. The summed E-state index contributed by atoms with van der Waals surface area (Å²) < 4.78 is 5.52. The van der Waals surface area contributed by atoms with Crippen LogP contribution in [-0.4, -0.2) is 26.4 Å². The number of aryl methyl sites for hydroxylation is 1. The van der Waals surface area contributed by atoms with Gasteiger partial charge in [-0.15, -0.1) is 20.4 Å². The van der Waals surface area contributed by atoms with Crippen molar-refractivity contribution in [2.75, 3.05) is 5.32 Å². The second kappa shape index (κ2) is 5.95. The molecule has 118 valence electrons. The fourth-order valence-electron chi connectivity index (χ4n) is 3.20. The number of anilines is 1. The van der Waals surface area contributed by atoms with Crippen LogP contribution in [-0.2, 0) is 0 Å². The Morgan fingerprint density at radius 3 is 2.48 bits per heavy atom. The summed E-state index contributed by atoms with van der Waals surface area (Å²) >= 11 is 0. The highest BCUT2D eigenvalue weighted by Gasteiger charge is 2.18. The molecule has 1 fully saturated rings. The monoisotopic (exact) mass is 309 g/mol. The van der Waals surface area contributed by atoms with E-state index in [-0.39, 0.29) is 0 Å². The van der Waals surface area contributed by atoms with E-state index in [9.17, 15) is 0 Å². The normalized spacial score (nSPS) is 15.9. The standard InChI is InChI=1S/C17H19N5O/c1-11-19-22-17(23-11)15-13-9-5-6-10-14(13)16(21-20-15)18-12-7-3-2-4-8-12/h5-6,9-10,12H,2-4,7-8H2,1H3,(H,18,21). The lowest BCUT2D eigenvalue weighted by Crippen LogP contribution is -2.23. The summed E-state index contributed by atoms with van der Waals surface area (Å²) in [7, 11) is 0. The molecule has 0 amide bonds. The average molecular weight is 309 g/mol. The highest BCUT2D eigenvalue weighted by molar-refractivity contribution is 5.98. The molecular formula is C17H19N5O. The van der Waals surface area contributed by atoms with E-state index in [4.69, 9.17) is 4.42 Å². The molecule has 0 spiro atoms. The van der Waals surface area contributed by atoms with Crippen LogP contribution in [0.1, 0.15) is 38.0 Å². The molecule has 4 rings (SSSR count). The highest BCUT2D eigenvalue weighted by atomic mass is 16.4. The first-order valence-corrected chi connectivity index (χ1v) is 8.14. The molecule has 1 saturated carbocycles. The van der Waals surface area contributed by atoms with Gasteiger partial charge in [-0.3, -0.25) is 0 Å². The van der Waals surface area contributed by atoms with E-state index in [1.165, 1.54) is 32.1 Å². The Kier molecular flexibility index (Phi) is 3.65. The smallest absolute Gasteiger partial charge is 0.268 e. The number of fused-ring (bicyclic) bond motifs is 1.